The third-order valence-electron chi connectivity index (χ3n) is 2.04. The van der Waals surface area contributed by atoms with Crippen molar-refractivity contribution in [2.24, 2.45) is 0 Å². The van der Waals surface area contributed by atoms with Gasteiger partial charge in [0.15, 0.2) is 5.78 Å². The zero-order valence-electron chi connectivity index (χ0n) is 9.48. The molecule has 0 radical (unpaired) electrons. The summed E-state index contributed by atoms with van der Waals surface area (Å²) in [7, 11) is 1.53. The number of rotatable bonds is 4. The van der Waals surface area contributed by atoms with Gasteiger partial charge in [0, 0.05) is 5.69 Å². The summed E-state index contributed by atoms with van der Waals surface area (Å²) in [6, 6.07) is 6.56. The number of carbonyl (C=O) groups excluding carboxylic acids is 2. The van der Waals surface area contributed by atoms with Crippen LogP contribution < -0.4 is 10.1 Å². The summed E-state index contributed by atoms with van der Waals surface area (Å²) in [6.45, 7) is 1.17. The highest BCUT2D eigenvalue weighted by atomic mass is 16.5. The van der Waals surface area contributed by atoms with Gasteiger partial charge in [-0.2, -0.15) is 0 Å². The van der Waals surface area contributed by atoms with Gasteiger partial charge in [-0.15, -0.1) is 0 Å². The SMILES string of the molecule is COc1ccc(NC(=O)C(=C=[N-])C(C)=O)cc1. The molecule has 1 N–H and O–H groups in total. The van der Waals surface area contributed by atoms with E-state index in [1.165, 1.54) is 14.0 Å². The standard InChI is InChI=1S/C12H11N2O3/c1-8(15)11(7-13)12(16)14-9-3-5-10(17-2)6-4-9/h3-6H,1-2H3,(H,14,16)/q-1. The second-order valence-corrected chi connectivity index (χ2v) is 3.23. The van der Waals surface area contributed by atoms with Crippen LogP contribution in [0.4, 0.5) is 5.69 Å². The van der Waals surface area contributed by atoms with Gasteiger partial charge in [0.2, 0.25) is 0 Å². The number of ketones is 1. The van der Waals surface area contributed by atoms with Crippen LogP contribution in [-0.4, -0.2) is 24.7 Å². The summed E-state index contributed by atoms with van der Waals surface area (Å²) in [5, 5.41) is 11.1. The lowest BCUT2D eigenvalue weighted by atomic mass is 10.2. The summed E-state index contributed by atoms with van der Waals surface area (Å²) in [5.74, 6) is 0.966. The predicted octanol–water partition coefficient (Wildman–Crippen LogP) is 1.39. The van der Waals surface area contributed by atoms with Crippen LogP contribution in [0.1, 0.15) is 6.92 Å². The van der Waals surface area contributed by atoms with E-state index in [1.54, 1.807) is 30.1 Å². The van der Waals surface area contributed by atoms with E-state index >= 15 is 0 Å². The van der Waals surface area contributed by atoms with Crippen molar-refractivity contribution in [3.63, 3.8) is 0 Å². The third-order valence-corrected chi connectivity index (χ3v) is 2.04. The molecule has 88 valence electrons. The van der Waals surface area contributed by atoms with Crippen molar-refractivity contribution in [2.45, 2.75) is 6.92 Å². The van der Waals surface area contributed by atoms with Gasteiger partial charge in [-0.25, -0.2) is 0 Å². The van der Waals surface area contributed by atoms with E-state index < -0.39 is 17.3 Å². The number of amides is 1. The van der Waals surface area contributed by atoms with E-state index in [4.69, 9.17) is 10.1 Å². The average molecular weight is 231 g/mol. The zero-order valence-corrected chi connectivity index (χ0v) is 9.48. The van der Waals surface area contributed by atoms with Gasteiger partial charge < -0.3 is 15.5 Å². The van der Waals surface area contributed by atoms with Gasteiger partial charge in [-0.1, -0.05) is 0 Å². The first-order valence-electron chi connectivity index (χ1n) is 4.82. The predicted molar refractivity (Wildman–Crippen MR) is 64.2 cm³/mol. The lowest BCUT2D eigenvalue weighted by molar-refractivity contribution is -0.118. The van der Waals surface area contributed by atoms with Crippen molar-refractivity contribution in [3.8, 4) is 5.75 Å². The molecular weight excluding hydrogens is 220 g/mol. The van der Waals surface area contributed by atoms with Crippen LogP contribution in [0.2, 0.25) is 0 Å². The van der Waals surface area contributed by atoms with Gasteiger partial charge >= 0.3 is 0 Å². The van der Waals surface area contributed by atoms with Gasteiger partial charge in [0.05, 0.1) is 7.11 Å². The van der Waals surface area contributed by atoms with E-state index in [9.17, 15) is 9.59 Å². The summed E-state index contributed by atoms with van der Waals surface area (Å²) >= 11 is 0. The van der Waals surface area contributed by atoms with Crippen molar-refractivity contribution in [1.29, 1.82) is 0 Å². The zero-order chi connectivity index (χ0) is 12.8. The van der Waals surface area contributed by atoms with Crippen molar-refractivity contribution in [1.82, 2.24) is 0 Å². The second kappa shape index (κ2) is 5.63. The molecule has 0 saturated heterocycles. The molecule has 0 aliphatic rings. The van der Waals surface area contributed by atoms with Crippen molar-refractivity contribution < 1.29 is 14.3 Å². The van der Waals surface area contributed by atoms with Crippen LogP contribution in [0.25, 0.3) is 5.41 Å². The first kappa shape index (κ1) is 12.7. The molecule has 1 amide bonds. The molecule has 0 atom stereocenters. The number of hydrogen-bond acceptors (Lipinski definition) is 3. The van der Waals surface area contributed by atoms with Gasteiger partial charge in [-0.05, 0) is 31.2 Å². The number of carbonyl (C=O) groups is 2. The second-order valence-electron chi connectivity index (χ2n) is 3.23. The fourth-order valence-corrected chi connectivity index (χ4v) is 1.16. The molecule has 1 aromatic rings. The van der Waals surface area contributed by atoms with E-state index in [-0.39, 0.29) is 0 Å². The highest BCUT2D eigenvalue weighted by molar-refractivity contribution is 6.28. The van der Waals surface area contributed by atoms with Gasteiger partial charge in [-0.3, -0.25) is 15.5 Å². The molecule has 0 heterocycles. The maximum Gasteiger partial charge on any atom is 0.265 e. The summed E-state index contributed by atoms with van der Waals surface area (Å²) in [6.07, 6.45) is 0. The molecule has 0 spiro atoms. The van der Waals surface area contributed by atoms with E-state index in [0.717, 1.165) is 0 Å². The molecule has 5 heteroatoms. The first-order chi connectivity index (χ1) is 8.08. The smallest absolute Gasteiger partial charge is 0.265 e. The molecule has 0 aromatic heterocycles. The Morgan fingerprint density at radius 3 is 2.29 bits per heavy atom. The molecule has 0 aliphatic carbocycles. The van der Waals surface area contributed by atoms with Gasteiger partial charge in [0.25, 0.3) is 5.91 Å². The van der Waals surface area contributed by atoms with E-state index in [1.807, 2.05) is 0 Å². The minimum absolute atomic E-state index is 0.416. The Morgan fingerprint density at radius 2 is 1.88 bits per heavy atom. The quantitative estimate of drug-likeness (QED) is 0.368. The lowest BCUT2D eigenvalue weighted by Crippen LogP contribution is -2.19. The molecule has 1 aromatic carbocycles. The number of hydrogen-bond donors (Lipinski definition) is 1. The average Bonchev–Trinajstić information content (AvgIpc) is 2.30. The molecule has 5 nitrogen and oxygen atoms in total. The molecule has 0 bridgehead atoms. The Kier molecular flexibility index (Phi) is 4.20. The minimum atomic E-state index is -0.704. The molecular formula is C12H11N2O3-. The number of Topliss-reactive ketones (excluding diaryl/α,β-unsaturated/α-hetero) is 1. The Bertz CT molecular complexity index is 485. The Labute approximate surface area is 98.6 Å². The molecule has 1 rings (SSSR count). The molecule has 0 saturated carbocycles. The number of nitrogens with zero attached hydrogens (tertiary/aromatic N) is 1. The minimum Gasteiger partial charge on any atom is -0.763 e. The number of ether oxygens (including phenoxy) is 1. The number of methoxy groups -OCH3 is 1. The number of anilines is 1. The van der Waals surface area contributed by atoms with Gasteiger partial charge in [0.1, 0.15) is 11.3 Å². The Morgan fingerprint density at radius 1 is 1.29 bits per heavy atom. The summed E-state index contributed by atoms with van der Waals surface area (Å²) in [5.41, 5.74) is 0.0746. The Hall–Kier alpha value is -2.39. The van der Waals surface area contributed by atoms with Crippen LogP contribution in [0.3, 0.4) is 0 Å². The fourth-order valence-electron chi connectivity index (χ4n) is 1.16. The Balaban J connectivity index is 2.81. The summed E-state index contributed by atoms with van der Waals surface area (Å²) < 4.78 is 4.96. The maximum absolute atomic E-state index is 11.5. The van der Waals surface area contributed by atoms with Crippen LogP contribution in [0.5, 0.6) is 5.75 Å². The largest absolute Gasteiger partial charge is 0.763 e. The van der Waals surface area contributed by atoms with Crippen molar-refractivity contribution in [2.75, 3.05) is 12.4 Å². The van der Waals surface area contributed by atoms with Crippen molar-refractivity contribution >= 4 is 23.2 Å². The molecule has 17 heavy (non-hydrogen) atoms. The topological polar surface area (TPSA) is 77.7 Å². The van der Waals surface area contributed by atoms with Crippen LogP contribution in [0, 0.1) is 0 Å². The highest BCUT2D eigenvalue weighted by Gasteiger charge is 2.12. The number of nitrogens with one attached hydrogen (secondary N) is 1. The van der Waals surface area contributed by atoms with Crippen LogP contribution in [0.15, 0.2) is 29.8 Å². The molecule has 0 fully saturated rings. The van der Waals surface area contributed by atoms with Crippen molar-refractivity contribution in [3.05, 3.63) is 35.2 Å². The molecule has 0 aliphatic heterocycles. The first-order valence-corrected chi connectivity index (χ1v) is 4.82. The van der Waals surface area contributed by atoms with Crippen LogP contribution in [-0.2, 0) is 9.59 Å². The lowest BCUT2D eigenvalue weighted by Gasteiger charge is -2.06. The fraction of sp³-hybridized carbons (Fsp3) is 0.167. The van der Waals surface area contributed by atoms with E-state index in [2.05, 4.69) is 5.32 Å². The number of benzene rings is 1. The third kappa shape index (κ3) is 3.29. The van der Waals surface area contributed by atoms with E-state index in [0.29, 0.717) is 11.4 Å². The highest BCUT2D eigenvalue weighted by Crippen LogP contribution is 2.15. The molecule has 0 unspecified atom stereocenters. The monoisotopic (exact) mass is 231 g/mol. The summed E-state index contributed by atoms with van der Waals surface area (Å²) in [4.78, 5) is 22.5. The normalized spacial score (nSPS) is 9.06. The van der Waals surface area contributed by atoms with Crippen LogP contribution >= 0.6 is 0 Å². The maximum atomic E-state index is 11.5.